The normalized spacial score (nSPS) is 12.5. The summed E-state index contributed by atoms with van der Waals surface area (Å²) >= 11 is 1.42. The number of aromatic nitrogens is 1. The van der Waals surface area contributed by atoms with E-state index in [1.54, 1.807) is 11.6 Å². The predicted molar refractivity (Wildman–Crippen MR) is 88.1 cm³/mol. The molecule has 5 nitrogen and oxygen atoms in total. The molecule has 0 aliphatic heterocycles. The monoisotopic (exact) mass is 307 g/mol. The molecule has 1 N–H and O–H groups in total. The molecule has 0 aliphatic rings. The van der Waals surface area contributed by atoms with Gasteiger partial charge in [-0.15, -0.1) is 11.3 Å². The second-order valence-electron chi connectivity index (χ2n) is 5.31. The van der Waals surface area contributed by atoms with Gasteiger partial charge in [-0.1, -0.05) is 32.6 Å². The van der Waals surface area contributed by atoms with Crippen LogP contribution in [0.2, 0.25) is 0 Å². The Labute approximate surface area is 128 Å². The SMILES string of the molecule is CCCCCCC(C)Nc1ccc2scnc2c1[N+](=O)[O-]. The molecule has 1 heterocycles. The highest BCUT2D eigenvalue weighted by molar-refractivity contribution is 7.16. The van der Waals surface area contributed by atoms with Gasteiger partial charge in [0.2, 0.25) is 0 Å². The predicted octanol–water partition coefficient (Wildman–Crippen LogP) is 4.98. The number of anilines is 1. The zero-order valence-corrected chi connectivity index (χ0v) is 13.3. The first kappa shape index (κ1) is 15.7. The van der Waals surface area contributed by atoms with Crippen LogP contribution in [0.15, 0.2) is 17.6 Å². The summed E-state index contributed by atoms with van der Waals surface area (Å²) in [6.45, 7) is 4.26. The van der Waals surface area contributed by atoms with E-state index >= 15 is 0 Å². The minimum atomic E-state index is -0.339. The highest BCUT2D eigenvalue weighted by Gasteiger charge is 2.21. The highest BCUT2D eigenvalue weighted by Crippen LogP contribution is 2.34. The van der Waals surface area contributed by atoms with Crippen molar-refractivity contribution in [1.29, 1.82) is 0 Å². The number of benzene rings is 1. The summed E-state index contributed by atoms with van der Waals surface area (Å²) in [5.41, 5.74) is 2.79. The van der Waals surface area contributed by atoms with Crippen molar-refractivity contribution in [2.45, 2.75) is 52.0 Å². The van der Waals surface area contributed by atoms with E-state index < -0.39 is 0 Å². The first-order chi connectivity index (χ1) is 10.1. The zero-order valence-electron chi connectivity index (χ0n) is 12.5. The fourth-order valence-electron chi connectivity index (χ4n) is 2.43. The van der Waals surface area contributed by atoms with Gasteiger partial charge in [0.05, 0.1) is 15.1 Å². The van der Waals surface area contributed by atoms with Crippen molar-refractivity contribution in [1.82, 2.24) is 4.98 Å². The molecule has 1 atom stereocenters. The van der Waals surface area contributed by atoms with Gasteiger partial charge in [0.25, 0.3) is 0 Å². The molecule has 1 aromatic carbocycles. The van der Waals surface area contributed by atoms with Gasteiger partial charge in [0, 0.05) is 6.04 Å². The van der Waals surface area contributed by atoms with Crippen molar-refractivity contribution in [2.24, 2.45) is 0 Å². The van der Waals surface area contributed by atoms with E-state index in [4.69, 9.17) is 0 Å². The number of rotatable bonds is 8. The summed E-state index contributed by atoms with van der Waals surface area (Å²) in [6.07, 6.45) is 5.85. The van der Waals surface area contributed by atoms with E-state index in [0.29, 0.717) is 11.2 Å². The summed E-state index contributed by atoms with van der Waals surface area (Å²) in [5, 5.41) is 14.6. The second-order valence-corrected chi connectivity index (χ2v) is 6.20. The van der Waals surface area contributed by atoms with Crippen LogP contribution in [-0.4, -0.2) is 15.9 Å². The third-order valence-electron chi connectivity index (χ3n) is 3.55. The maximum atomic E-state index is 11.3. The lowest BCUT2D eigenvalue weighted by Gasteiger charge is -2.15. The van der Waals surface area contributed by atoms with E-state index in [0.717, 1.165) is 17.5 Å². The van der Waals surface area contributed by atoms with Gasteiger partial charge in [0.15, 0.2) is 5.52 Å². The van der Waals surface area contributed by atoms with Crippen LogP contribution in [0.4, 0.5) is 11.4 Å². The molecule has 0 spiro atoms. The van der Waals surface area contributed by atoms with Crippen LogP contribution in [0.5, 0.6) is 0 Å². The smallest absolute Gasteiger partial charge is 0.319 e. The molecule has 6 heteroatoms. The molecule has 21 heavy (non-hydrogen) atoms. The zero-order chi connectivity index (χ0) is 15.2. The summed E-state index contributed by atoms with van der Waals surface area (Å²) in [5.74, 6) is 0. The lowest BCUT2D eigenvalue weighted by molar-refractivity contribution is -0.382. The number of fused-ring (bicyclic) bond motifs is 1. The van der Waals surface area contributed by atoms with Crippen LogP contribution >= 0.6 is 11.3 Å². The van der Waals surface area contributed by atoms with E-state index in [1.807, 2.05) is 6.07 Å². The molecule has 114 valence electrons. The van der Waals surface area contributed by atoms with Gasteiger partial charge >= 0.3 is 5.69 Å². The lowest BCUT2D eigenvalue weighted by atomic mass is 10.1. The van der Waals surface area contributed by atoms with Crippen LogP contribution in [-0.2, 0) is 0 Å². The molecule has 0 saturated carbocycles. The van der Waals surface area contributed by atoms with E-state index in [2.05, 4.69) is 24.1 Å². The van der Waals surface area contributed by atoms with Crippen molar-refractivity contribution in [3.05, 3.63) is 27.8 Å². The molecule has 0 bridgehead atoms. The first-order valence-electron chi connectivity index (χ1n) is 7.40. The van der Waals surface area contributed by atoms with Gasteiger partial charge in [-0.25, -0.2) is 4.98 Å². The minimum Gasteiger partial charge on any atom is -0.377 e. The van der Waals surface area contributed by atoms with Crippen molar-refractivity contribution in [2.75, 3.05) is 5.32 Å². The Morgan fingerprint density at radius 2 is 2.19 bits per heavy atom. The van der Waals surface area contributed by atoms with Crippen molar-refractivity contribution >= 4 is 32.9 Å². The van der Waals surface area contributed by atoms with Crippen molar-refractivity contribution < 1.29 is 4.92 Å². The Balaban J connectivity index is 2.10. The molecule has 0 amide bonds. The third-order valence-corrected chi connectivity index (χ3v) is 4.35. The molecule has 2 rings (SSSR count). The average molecular weight is 307 g/mol. The molecular weight excluding hydrogens is 286 g/mol. The number of unbranched alkanes of at least 4 members (excludes halogenated alkanes) is 3. The lowest BCUT2D eigenvalue weighted by Crippen LogP contribution is -2.16. The maximum absolute atomic E-state index is 11.3. The molecule has 2 aromatic rings. The van der Waals surface area contributed by atoms with Crippen LogP contribution in [0, 0.1) is 10.1 Å². The van der Waals surface area contributed by atoms with Crippen LogP contribution in [0.3, 0.4) is 0 Å². The van der Waals surface area contributed by atoms with Gasteiger partial charge in [-0.05, 0) is 25.5 Å². The third kappa shape index (κ3) is 3.91. The first-order valence-corrected chi connectivity index (χ1v) is 8.28. The molecule has 1 aromatic heterocycles. The number of nitrogens with zero attached hydrogens (tertiary/aromatic N) is 2. The standard InChI is InChI=1S/C15H21N3O2S/c1-3-4-5-6-7-11(2)17-12-8-9-13-14(16-10-21-13)15(12)18(19)20/h8-11,17H,3-7H2,1-2H3. The Bertz CT molecular complexity index is 612. The van der Waals surface area contributed by atoms with Crippen molar-refractivity contribution in [3.63, 3.8) is 0 Å². The maximum Gasteiger partial charge on any atom is 0.319 e. The van der Waals surface area contributed by atoms with E-state index in [1.165, 1.54) is 30.6 Å². The Hall–Kier alpha value is -1.69. The van der Waals surface area contributed by atoms with Gasteiger partial charge in [0.1, 0.15) is 5.69 Å². The van der Waals surface area contributed by atoms with E-state index in [-0.39, 0.29) is 16.7 Å². The Kier molecular flexibility index (Phi) is 5.50. The molecule has 0 aliphatic carbocycles. The molecule has 0 radical (unpaired) electrons. The number of nitro groups is 1. The van der Waals surface area contributed by atoms with Gasteiger partial charge in [-0.3, -0.25) is 10.1 Å². The average Bonchev–Trinajstić information content (AvgIpc) is 2.91. The Morgan fingerprint density at radius 3 is 2.90 bits per heavy atom. The minimum absolute atomic E-state index is 0.0918. The molecule has 0 saturated heterocycles. The summed E-state index contributed by atoms with van der Waals surface area (Å²) in [4.78, 5) is 15.1. The van der Waals surface area contributed by atoms with E-state index in [9.17, 15) is 10.1 Å². The largest absolute Gasteiger partial charge is 0.377 e. The number of hydrogen-bond acceptors (Lipinski definition) is 5. The van der Waals surface area contributed by atoms with Crippen LogP contribution in [0.1, 0.15) is 46.0 Å². The molecule has 1 unspecified atom stereocenters. The number of thiazole rings is 1. The van der Waals surface area contributed by atoms with Crippen LogP contribution in [0.25, 0.3) is 10.2 Å². The van der Waals surface area contributed by atoms with Gasteiger partial charge in [-0.2, -0.15) is 0 Å². The number of nitrogens with one attached hydrogen (secondary N) is 1. The molecular formula is C15H21N3O2S. The number of nitro benzene ring substituents is 1. The number of hydrogen-bond donors (Lipinski definition) is 1. The summed E-state index contributed by atoms with van der Waals surface area (Å²) in [7, 11) is 0. The van der Waals surface area contributed by atoms with Crippen molar-refractivity contribution in [3.8, 4) is 0 Å². The van der Waals surface area contributed by atoms with Gasteiger partial charge < -0.3 is 5.32 Å². The topological polar surface area (TPSA) is 68.1 Å². The quantitative estimate of drug-likeness (QED) is 0.424. The second kappa shape index (κ2) is 7.36. The Morgan fingerprint density at radius 1 is 1.38 bits per heavy atom. The summed E-state index contributed by atoms with van der Waals surface area (Å²) < 4.78 is 0.850. The fourth-order valence-corrected chi connectivity index (χ4v) is 3.11. The summed E-state index contributed by atoms with van der Waals surface area (Å²) in [6, 6.07) is 3.91. The highest BCUT2D eigenvalue weighted by atomic mass is 32.1. The van der Waals surface area contributed by atoms with Crippen LogP contribution < -0.4 is 5.32 Å². The fraction of sp³-hybridized carbons (Fsp3) is 0.533. The molecule has 0 fully saturated rings.